The standard InChI is InChI=1S/C16H27N5S/c1-11-15(22-12(2)20-11)9-19-16(17-3)18-8-13-6-7-21(10-13)14-4-5-14/h13-14H,4-10H2,1-3H3,(H2,17,18,19). The van der Waals surface area contributed by atoms with Gasteiger partial charge in [0.1, 0.15) is 0 Å². The predicted octanol–water partition coefficient (Wildman–Crippen LogP) is 1.91. The lowest BCUT2D eigenvalue weighted by atomic mass is 10.1. The fourth-order valence-electron chi connectivity index (χ4n) is 3.16. The second-order valence-corrected chi connectivity index (χ2v) is 7.72. The van der Waals surface area contributed by atoms with E-state index < -0.39 is 0 Å². The van der Waals surface area contributed by atoms with E-state index in [0.29, 0.717) is 0 Å². The molecule has 1 aromatic rings. The molecule has 1 saturated heterocycles. The molecule has 0 aromatic carbocycles. The van der Waals surface area contributed by atoms with Crippen molar-refractivity contribution in [2.24, 2.45) is 10.9 Å². The minimum atomic E-state index is 0.756. The zero-order chi connectivity index (χ0) is 15.5. The zero-order valence-corrected chi connectivity index (χ0v) is 14.7. The number of rotatable bonds is 5. The van der Waals surface area contributed by atoms with E-state index in [2.05, 4.69) is 39.4 Å². The van der Waals surface area contributed by atoms with Gasteiger partial charge in [0.05, 0.1) is 17.2 Å². The molecule has 122 valence electrons. The van der Waals surface area contributed by atoms with Crippen LogP contribution in [0.4, 0.5) is 0 Å². The van der Waals surface area contributed by atoms with Gasteiger partial charge in [-0.2, -0.15) is 0 Å². The van der Waals surface area contributed by atoms with Crippen LogP contribution in [0.5, 0.6) is 0 Å². The fourth-order valence-corrected chi connectivity index (χ4v) is 4.04. The van der Waals surface area contributed by atoms with E-state index in [9.17, 15) is 0 Å². The predicted molar refractivity (Wildman–Crippen MR) is 92.5 cm³/mol. The van der Waals surface area contributed by atoms with Crippen molar-refractivity contribution in [2.45, 2.75) is 45.7 Å². The first-order valence-electron chi connectivity index (χ1n) is 8.27. The number of aryl methyl sites for hydroxylation is 2. The highest BCUT2D eigenvalue weighted by atomic mass is 32.1. The third-order valence-corrected chi connectivity index (χ3v) is 5.65. The second-order valence-electron chi connectivity index (χ2n) is 6.43. The SMILES string of the molecule is CN=C(NCc1sc(C)nc1C)NCC1CCN(C2CC2)C1. The highest BCUT2D eigenvalue weighted by Crippen LogP contribution is 2.31. The molecule has 2 fully saturated rings. The van der Waals surface area contributed by atoms with Crippen LogP contribution in [0.15, 0.2) is 4.99 Å². The van der Waals surface area contributed by atoms with Crippen molar-refractivity contribution in [1.82, 2.24) is 20.5 Å². The van der Waals surface area contributed by atoms with E-state index in [1.807, 2.05) is 7.05 Å². The number of guanidine groups is 1. The van der Waals surface area contributed by atoms with Crippen molar-refractivity contribution in [3.8, 4) is 0 Å². The maximum atomic E-state index is 4.47. The maximum absolute atomic E-state index is 4.47. The summed E-state index contributed by atoms with van der Waals surface area (Å²) < 4.78 is 0. The molecule has 0 spiro atoms. The Hall–Kier alpha value is -1.14. The third kappa shape index (κ3) is 3.98. The Morgan fingerprint density at radius 3 is 2.77 bits per heavy atom. The molecule has 2 heterocycles. The number of likely N-dealkylation sites (tertiary alicyclic amines) is 1. The number of nitrogens with zero attached hydrogens (tertiary/aromatic N) is 3. The van der Waals surface area contributed by atoms with E-state index in [1.54, 1.807) is 11.3 Å². The molecular formula is C16H27N5S. The molecule has 1 unspecified atom stereocenters. The molecule has 1 aliphatic carbocycles. The largest absolute Gasteiger partial charge is 0.356 e. The molecule has 0 amide bonds. The number of thiazole rings is 1. The van der Waals surface area contributed by atoms with Gasteiger partial charge in [0.25, 0.3) is 0 Å². The number of hydrogen-bond donors (Lipinski definition) is 2. The number of nitrogens with one attached hydrogen (secondary N) is 2. The summed E-state index contributed by atoms with van der Waals surface area (Å²) in [6.45, 7) is 8.48. The van der Waals surface area contributed by atoms with Crippen LogP contribution in [0.25, 0.3) is 0 Å². The lowest BCUT2D eigenvalue weighted by Crippen LogP contribution is -2.40. The molecule has 6 heteroatoms. The minimum absolute atomic E-state index is 0.756. The molecular weight excluding hydrogens is 294 g/mol. The Kier molecular flexibility index (Phi) is 4.98. The molecule has 1 aromatic heterocycles. The van der Waals surface area contributed by atoms with E-state index in [0.717, 1.165) is 41.7 Å². The highest BCUT2D eigenvalue weighted by molar-refractivity contribution is 7.11. The van der Waals surface area contributed by atoms with E-state index in [1.165, 1.54) is 37.2 Å². The lowest BCUT2D eigenvalue weighted by molar-refractivity contribution is 0.314. The number of aliphatic imine (C=N–C) groups is 1. The van der Waals surface area contributed by atoms with Crippen molar-refractivity contribution in [1.29, 1.82) is 0 Å². The Bertz CT molecular complexity index is 535. The summed E-state index contributed by atoms with van der Waals surface area (Å²) in [5, 5.41) is 8.02. The summed E-state index contributed by atoms with van der Waals surface area (Å²) in [5.41, 5.74) is 1.13. The Morgan fingerprint density at radius 1 is 1.32 bits per heavy atom. The molecule has 1 atom stereocenters. The van der Waals surface area contributed by atoms with Gasteiger partial charge in [-0.1, -0.05) is 0 Å². The topological polar surface area (TPSA) is 52.6 Å². The summed E-state index contributed by atoms with van der Waals surface area (Å²) in [6.07, 6.45) is 4.14. The average molecular weight is 321 g/mol. The van der Waals surface area contributed by atoms with Crippen molar-refractivity contribution in [3.63, 3.8) is 0 Å². The van der Waals surface area contributed by atoms with Crippen LogP contribution in [0.3, 0.4) is 0 Å². The summed E-state index contributed by atoms with van der Waals surface area (Å²) in [7, 11) is 1.84. The molecule has 1 saturated carbocycles. The molecule has 0 bridgehead atoms. The van der Waals surface area contributed by atoms with Gasteiger partial charge in [-0.05, 0) is 45.6 Å². The fraction of sp³-hybridized carbons (Fsp3) is 0.750. The third-order valence-electron chi connectivity index (χ3n) is 4.58. The van der Waals surface area contributed by atoms with Crippen LogP contribution < -0.4 is 10.6 Å². The van der Waals surface area contributed by atoms with Crippen molar-refractivity contribution in [3.05, 3.63) is 15.6 Å². The van der Waals surface area contributed by atoms with E-state index in [4.69, 9.17) is 0 Å². The van der Waals surface area contributed by atoms with Gasteiger partial charge in [0.15, 0.2) is 5.96 Å². The van der Waals surface area contributed by atoms with Gasteiger partial charge >= 0.3 is 0 Å². The molecule has 5 nitrogen and oxygen atoms in total. The Labute approximate surface area is 137 Å². The Balaban J connectivity index is 1.41. The van der Waals surface area contributed by atoms with Crippen LogP contribution in [0.1, 0.15) is 34.8 Å². The van der Waals surface area contributed by atoms with Gasteiger partial charge in [0, 0.05) is 31.1 Å². The average Bonchev–Trinajstić information content (AvgIpc) is 3.16. The van der Waals surface area contributed by atoms with Crippen molar-refractivity contribution < 1.29 is 0 Å². The van der Waals surface area contributed by atoms with Crippen LogP contribution in [0, 0.1) is 19.8 Å². The van der Waals surface area contributed by atoms with Gasteiger partial charge < -0.3 is 15.5 Å². The summed E-state index contributed by atoms with van der Waals surface area (Å²) in [6, 6.07) is 0.903. The summed E-state index contributed by atoms with van der Waals surface area (Å²) >= 11 is 1.76. The van der Waals surface area contributed by atoms with Gasteiger partial charge in [-0.25, -0.2) is 4.98 Å². The zero-order valence-electron chi connectivity index (χ0n) is 13.9. The monoisotopic (exact) mass is 321 g/mol. The summed E-state index contributed by atoms with van der Waals surface area (Å²) in [5.74, 6) is 1.65. The Morgan fingerprint density at radius 2 is 2.14 bits per heavy atom. The number of aromatic nitrogens is 1. The van der Waals surface area contributed by atoms with Gasteiger partial charge in [0.2, 0.25) is 0 Å². The molecule has 22 heavy (non-hydrogen) atoms. The highest BCUT2D eigenvalue weighted by Gasteiger charge is 2.34. The van der Waals surface area contributed by atoms with Gasteiger partial charge in [-0.15, -0.1) is 11.3 Å². The first-order valence-corrected chi connectivity index (χ1v) is 9.09. The number of hydrogen-bond acceptors (Lipinski definition) is 4. The lowest BCUT2D eigenvalue weighted by Gasteiger charge is -2.17. The molecule has 2 N–H and O–H groups in total. The normalized spacial score (nSPS) is 23.0. The maximum Gasteiger partial charge on any atom is 0.191 e. The minimum Gasteiger partial charge on any atom is -0.356 e. The van der Waals surface area contributed by atoms with Crippen LogP contribution in [-0.4, -0.2) is 48.6 Å². The quantitative estimate of drug-likeness (QED) is 0.642. The molecule has 2 aliphatic rings. The van der Waals surface area contributed by atoms with Crippen LogP contribution in [-0.2, 0) is 6.54 Å². The van der Waals surface area contributed by atoms with Crippen molar-refractivity contribution in [2.75, 3.05) is 26.7 Å². The molecule has 1 aliphatic heterocycles. The van der Waals surface area contributed by atoms with Gasteiger partial charge in [-0.3, -0.25) is 4.99 Å². The van der Waals surface area contributed by atoms with Crippen LogP contribution in [0.2, 0.25) is 0 Å². The smallest absolute Gasteiger partial charge is 0.191 e. The first-order chi connectivity index (χ1) is 10.7. The first kappa shape index (κ1) is 15.7. The van der Waals surface area contributed by atoms with E-state index >= 15 is 0 Å². The molecule has 0 radical (unpaired) electrons. The summed E-state index contributed by atoms with van der Waals surface area (Å²) in [4.78, 5) is 12.8. The van der Waals surface area contributed by atoms with E-state index in [-0.39, 0.29) is 0 Å². The molecule has 3 rings (SSSR count). The second kappa shape index (κ2) is 6.96. The van der Waals surface area contributed by atoms with Crippen LogP contribution >= 0.6 is 11.3 Å². The van der Waals surface area contributed by atoms with Crippen molar-refractivity contribution >= 4 is 17.3 Å².